The third-order valence-electron chi connectivity index (χ3n) is 9.66. The number of esters is 4. The van der Waals surface area contributed by atoms with Crippen LogP contribution in [-0.2, 0) is 90.5 Å². The molecule has 0 saturated heterocycles. The molecule has 0 atom stereocenters. The van der Waals surface area contributed by atoms with Gasteiger partial charge < -0.3 is 18.9 Å². The Morgan fingerprint density at radius 3 is 0.554 bits per heavy atom. The van der Waals surface area contributed by atoms with Crippen LogP contribution in [0.15, 0.2) is 97.1 Å². The molecule has 0 saturated carbocycles. The number of hydrogen-bond acceptors (Lipinski definition) is 12. The minimum Gasteiger partial charge on any atom is -0.468 e. The third kappa shape index (κ3) is 13.4. The largest absolute Gasteiger partial charge is 0.468 e. The Kier molecular flexibility index (Phi) is 15.7. The predicted molar refractivity (Wildman–Crippen MR) is 210 cm³/mol. The fraction of sp³-hybridized carbons (Fsp3) is 0.364. The van der Waals surface area contributed by atoms with E-state index in [2.05, 4.69) is 0 Å². The summed E-state index contributed by atoms with van der Waals surface area (Å²) in [5, 5.41) is 0. The number of hydrogen-bond donors (Lipinski definition) is 0. The third-order valence-corrected chi connectivity index (χ3v) is 9.66. The molecule has 0 fully saturated rings. The van der Waals surface area contributed by atoms with Crippen LogP contribution in [0.5, 0.6) is 0 Å². The van der Waals surface area contributed by atoms with Crippen LogP contribution in [0.4, 0.5) is 0 Å². The highest BCUT2D eigenvalue weighted by molar-refractivity contribution is 5.72. The Morgan fingerprint density at radius 2 is 0.446 bits per heavy atom. The summed E-state index contributed by atoms with van der Waals surface area (Å²) in [4.78, 5) is 57.9. The molecule has 4 aromatic carbocycles. The van der Waals surface area contributed by atoms with Crippen molar-refractivity contribution in [2.75, 3.05) is 54.6 Å². The molecule has 7 aliphatic rings. The van der Waals surface area contributed by atoms with E-state index in [1.54, 1.807) is 0 Å². The Balaban J connectivity index is 1.45. The topological polar surface area (TPSA) is 118 Å². The first-order valence-corrected chi connectivity index (χ1v) is 18.6. The van der Waals surface area contributed by atoms with Crippen LogP contribution in [0.1, 0.15) is 44.5 Å². The van der Waals surface area contributed by atoms with Crippen LogP contribution in [0.3, 0.4) is 0 Å². The van der Waals surface area contributed by atoms with Gasteiger partial charge in [0.1, 0.15) is 0 Å². The Labute approximate surface area is 329 Å². The van der Waals surface area contributed by atoms with Crippen LogP contribution in [0.25, 0.3) is 0 Å². The summed E-state index contributed by atoms with van der Waals surface area (Å²) in [6.45, 7) is 4.71. The quantitative estimate of drug-likeness (QED) is 0.183. The standard InChI is InChI=1S/C44H52N4O8/c1-53-41(49)29-45-21-33-5-9-35(10-6-33)23-46(30-42(50)54-2)25-37-13-17-39(18-14-37)27-48(32-44(52)56-4)28-40-19-15-38(16-20-40)26-47(31-43(51)55-3)24-36-11-7-34(22-45)8-12-36/h5-20H,21-32H2,1-4H3. The molecule has 7 aliphatic heterocycles. The van der Waals surface area contributed by atoms with Crippen molar-refractivity contribution in [3.63, 3.8) is 0 Å². The van der Waals surface area contributed by atoms with Crippen LogP contribution in [0.2, 0.25) is 0 Å². The van der Waals surface area contributed by atoms with Crippen molar-refractivity contribution < 1.29 is 38.1 Å². The molecule has 0 unspecified atom stereocenters. The van der Waals surface area contributed by atoms with E-state index in [9.17, 15) is 19.2 Å². The second-order valence-electron chi connectivity index (χ2n) is 14.2. The molecule has 8 bridgehead atoms. The highest BCUT2D eigenvalue weighted by atomic mass is 16.5. The van der Waals surface area contributed by atoms with Gasteiger partial charge in [0, 0.05) is 52.4 Å². The minimum absolute atomic E-state index is 0.126. The Morgan fingerprint density at radius 1 is 0.321 bits per heavy atom. The van der Waals surface area contributed by atoms with E-state index in [-0.39, 0.29) is 50.1 Å². The van der Waals surface area contributed by atoms with Crippen LogP contribution in [0, 0.1) is 0 Å². The second kappa shape index (κ2) is 21.1. The lowest BCUT2D eigenvalue weighted by Crippen LogP contribution is -2.31. The summed E-state index contributed by atoms with van der Waals surface area (Å²) in [5.41, 5.74) is 8.26. The molecule has 4 aromatic rings. The summed E-state index contributed by atoms with van der Waals surface area (Å²) in [6, 6.07) is 32.8. The number of carbonyl (C=O) groups excluding carboxylic acids is 4. The number of methoxy groups -OCH3 is 4. The first kappa shape index (κ1) is 41.8. The van der Waals surface area contributed by atoms with Crippen molar-refractivity contribution in [1.82, 2.24) is 19.6 Å². The van der Waals surface area contributed by atoms with Gasteiger partial charge in [0.05, 0.1) is 54.6 Å². The lowest BCUT2D eigenvalue weighted by atomic mass is 10.1. The molecule has 11 rings (SSSR count). The van der Waals surface area contributed by atoms with Gasteiger partial charge in [-0.25, -0.2) is 0 Å². The van der Waals surface area contributed by atoms with Crippen molar-refractivity contribution in [2.45, 2.75) is 52.4 Å². The number of benzene rings is 4. The fourth-order valence-electron chi connectivity index (χ4n) is 6.73. The molecule has 296 valence electrons. The van der Waals surface area contributed by atoms with Gasteiger partial charge >= 0.3 is 23.9 Å². The van der Waals surface area contributed by atoms with Crippen LogP contribution < -0.4 is 0 Å². The van der Waals surface area contributed by atoms with Gasteiger partial charge in [-0.1, -0.05) is 97.1 Å². The van der Waals surface area contributed by atoms with Crippen molar-refractivity contribution in [2.24, 2.45) is 0 Å². The number of nitrogens with zero attached hydrogens (tertiary/aromatic N) is 4. The maximum absolute atomic E-state index is 12.4. The first-order valence-electron chi connectivity index (χ1n) is 18.6. The van der Waals surface area contributed by atoms with E-state index < -0.39 is 0 Å². The van der Waals surface area contributed by atoms with E-state index in [1.807, 2.05) is 117 Å². The lowest BCUT2D eigenvalue weighted by Gasteiger charge is -2.24. The predicted octanol–water partition coefficient (Wildman–Crippen LogP) is 4.70. The van der Waals surface area contributed by atoms with Crippen LogP contribution >= 0.6 is 0 Å². The molecule has 0 aromatic heterocycles. The molecule has 7 heterocycles. The van der Waals surface area contributed by atoms with Crippen LogP contribution in [-0.4, -0.2) is 98.1 Å². The molecule has 12 nitrogen and oxygen atoms in total. The van der Waals surface area contributed by atoms with Gasteiger partial charge in [-0.05, 0) is 44.5 Å². The van der Waals surface area contributed by atoms with E-state index in [0.717, 1.165) is 44.5 Å². The van der Waals surface area contributed by atoms with E-state index >= 15 is 0 Å². The number of rotatable bonds is 8. The highest BCUT2D eigenvalue weighted by Gasteiger charge is 2.18. The average Bonchev–Trinajstić information content (AvgIpc) is 3.20. The van der Waals surface area contributed by atoms with E-state index in [1.165, 1.54) is 28.4 Å². The highest BCUT2D eigenvalue weighted by Crippen LogP contribution is 2.19. The van der Waals surface area contributed by atoms with Gasteiger partial charge in [-0.3, -0.25) is 38.8 Å². The molecule has 0 aliphatic carbocycles. The SMILES string of the molecule is COC(=O)CN1Cc2ccc(cc2)CN(CC(=O)OC)Cc2ccc(cc2)CN(CC(=O)OC)Cc2ccc(cc2)CN(CC(=O)OC)Cc2ccc(cc2)C1. The van der Waals surface area contributed by atoms with Crippen molar-refractivity contribution >= 4 is 23.9 Å². The number of carbonyl (C=O) groups is 4. The van der Waals surface area contributed by atoms with Gasteiger partial charge in [-0.2, -0.15) is 0 Å². The minimum atomic E-state index is -0.319. The smallest absolute Gasteiger partial charge is 0.319 e. The normalized spacial score (nSPS) is 15.2. The maximum Gasteiger partial charge on any atom is 0.319 e. The molecule has 12 heteroatoms. The van der Waals surface area contributed by atoms with E-state index in [4.69, 9.17) is 18.9 Å². The molecule has 0 spiro atoms. The summed E-state index contributed by atoms with van der Waals surface area (Å²) >= 11 is 0. The molecule has 0 amide bonds. The molecule has 56 heavy (non-hydrogen) atoms. The van der Waals surface area contributed by atoms with Gasteiger partial charge in [0.25, 0.3) is 0 Å². The Hall–Kier alpha value is -5.40. The summed E-state index contributed by atoms with van der Waals surface area (Å²) < 4.78 is 20.1. The molecule has 0 radical (unpaired) electrons. The summed E-state index contributed by atoms with van der Waals surface area (Å²) in [7, 11) is 5.57. The lowest BCUT2D eigenvalue weighted by molar-refractivity contribution is -0.143. The fourth-order valence-corrected chi connectivity index (χ4v) is 6.73. The first-order chi connectivity index (χ1) is 27.1. The molecular weight excluding hydrogens is 713 g/mol. The van der Waals surface area contributed by atoms with Crippen molar-refractivity contribution in [3.05, 3.63) is 142 Å². The monoisotopic (exact) mass is 764 g/mol. The van der Waals surface area contributed by atoms with Gasteiger partial charge in [0.2, 0.25) is 0 Å². The zero-order valence-electron chi connectivity index (χ0n) is 32.8. The maximum atomic E-state index is 12.4. The summed E-state index contributed by atoms with van der Waals surface area (Å²) in [5.74, 6) is -1.28. The van der Waals surface area contributed by atoms with Gasteiger partial charge in [0.15, 0.2) is 0 Å². The average molecular weight is 765 g/mol. The zero-order chi connectivity index (χ0) is 39.9. The second-order valence-corrected chi connectivity index (χ2v) is 14.2. The molecule has 0 N–H and O–H groups in total. The van der Waals surface area contributed by atoms with Crippen molar-refractivity contribution in [3.8, 4) is 0 Å². The Bertz CT molecular complexity index is 1500. The van der Waals surface area contributed by atoms with Gasteiger partial charge in [-0.15, -0.1) is 0 Å². The molecular formula is C44H52N4O8. The zero-order valence-corrected chi connectivity index (χ0v) is 32.8. The van der Waals surface area contributed by atoms with Crippen molar-refractivity contribution in [1.29, 1.82) is 0 Å². The summed E-state index contributed by atoms with van der Waals surface area (Å²) in [6.07, 6.45) is 0. The number of ether oxygens (including phenoxy) is 4. The van der Waals surface area contributed by atoms with E-state index in [0.29, 0.717) is 52.4 Å².